The Labute approximate surface area is 193 Å². The van der Waals surface area contributed by atoms with E-state index < -0.39 is 0 Å². The highest BCUT2D eigenvalue weighted by Crippen LogP contribution is 2.17. The number of rotatable bonds is 6. The van der Waals surface area contributed by atoms with E-state index in [1.54, 1.807) is 0 Å². The lowest BCUT2D eigenvalue weighted by Gasteiger charge is -2.30. The standard InChI is InChI=1S/C22H34N4O4.C2H6/c1-6-24-7-8-25(15-21(27)29-4)9-10-26(16-22(28)30-5)14-20-12-18(17(2)3)11-19(13-24)23-20;1-2/h11-12H,2,6-10,13-16H2,1,3-5H3;1-2H3. The van der Waals surface area contributed by atoms with Gasteiger partial charge in [-0.25, -0.2) is 0 Å². The summed E-state index contributed by atoms with van der Waals surface area (Å²) in [5.74, 6) is -0.558. The van der Waals surface area contributed by atoms with Crippen LogP contribution in [-0.2, 0) is 32.2 Å². The molecule has 0 spiro atoms. The summed E-state index contributed by atoms with van der Waals surface area (Å²) in [5, 5.41) is 0. The molecule has 0 saturated carbocycles. The van der Waals surface area contributed by atoms with Crippen LogP contribution in [0.25, 0.3) is 5.57 Å². The highest BCUT2D eigenvalue weighted by Gasteiger charge is 2.19. The number of hydrogen-bond acceptors (Lipinski definition) is 8. The van der Waals surface area contributed by atoms with Gasteiger partial charge in [0.2, 0.25) is 0 Å². The van der Waals surface area contributed by atoms with Gasteiger partial charge < -0.3 is 9.47 Å². The molecule has 1 aromatic rings. The molecule has 0 aromatic carbocycles. The van der Waals surface area contributed by atoms with Gasteiger partial charge in [0.25, 0.3) is 0 Å². The maximum atomic E-state index is 11.9. The zero-order chi connectivity index (χ0) is 24.1. The molecular formula is C24H40N4O4. The number of esters is 2. The fourth-order valence-electron chi connectivity index (χ4n) is 3.41. The molecule has 32 heavy (non-hydrogen) atoms. The van der Waals surface area contributed by atoms with Gasteiger partial charge in [-0.15, -0.1) is 0 Å². The lowest BCUT2D eigenvalue weighted by molar-refractivity contribution is -0.143. The number of pyridine rings is 1. The van der Waals surface area contributed by atoms with Crippen LogP contribution in [0, 0.1) is 0 Å². The normalized spacial score (nSPS) is 16.1. The van der Waals surface area contributed by atoms with Gasteiger partial charge in [-0.3, -0.25) is 29.3 Å². The SMILES string of the molecule is C=C(C)c1cc2nc(c1)CN(CC(=O)OC)CCN(CC(=O)OC)CCN(CC)C2.CC. The third-order valence-corrected chi connectivity index (χ3v) is 5.27. The van der Waals surface area contributed by atoms with Gasteiger partial charge >= 0.3 is 11.9 Å². The molecule has 8 heteroatoms. The minimum Gasteiger partial charge on any atom is -0.468 e. The molecule has 180 valence electrons. The quantitative estimate of drug-likeness (QED) is 0.615. The summed E-state index contributed by atoms with van der Waals surface area (Å²) in [5.41, 5.74) is 3.92. The van der Waals surface area contributed by atoms with E-state index in [4.69, 9.17) is 14.5 Å². The van der Waals surface area contributed by atoms with Crippen LogP contribution < -0.4 is 0 Å². The molecule has 2 rings (SSSR count). The van der Waals surface area contributed by atoms with Crippen molar-refractivity contribution in [2.24, 2.45) is 0 Å². The largest absolute Gasteiger partial charge is 0.468 e. The summed E-state index contributed by atoms with van der Waals surface area (Å²) in [4.78, 5) is 35.0. The minimum atomic E-state index is -0.296. The number of carbonyl (C=O) groups is 2. The summed E-state index contributed by atoms with van der Waals surface area (Å²) in [6.07, 6.45) is 0. The number of hydrogen-bond donors (Lipinski definition) is 0. The van der Waals surface area contributed by atoms with E-state index in [2.05, 4.69) is 29.4 Å². The summed E-state index contributed by atoms with van der Waals surface area (Å²) >= 11 is 0. The zero-order valence-electron chi connectivity index (χ0n) is 20.6. The smallest absolute Gasteiger partial charge is 0.319 e. The number of likely N-dealkylation sites (N-methyl/N-ethyl adjacent to an activating group) is 1. The lowest BCUT2D eigenvalue weighted by atomic mass is 10.1. The van der Waals surface area contributed by atoms with Gasteiger partial charge in [-0.05, 0) is 31.2 Å². The number of fused-ring (bicyclic) bond motifs is 2. The van der Waals surface area contributed by atoms with Crippen molar-refractivity contribution in [1.82, 2.24) is 19.7 Å². The average molecular weight is 449 g/mol. The highest BCUT2D eigenvalue weighted by atomic mass is 16.5. The summed E-state index contributed by atoms with van der Waals surface area (Å²) in [7, 11) is 2.79. The third kappa shape index (κ3) is 9.46. The van der Waals surface area contributed by atoms with Gasteiger partial charge in [0, 0.05) is 39.3 Å². The van der Waals surface area contributed by atoms with Crippen LogP contribution in [0.15, 0.2) is 18.7 Å². The van der Waals surface area contributed by atoms with Crippen LogP contribution >= 0.6 is 0 Å². The maximum Gasteiger partial charge on any atom is 0.319 e. The van der Waals surface area contributed by atoms with Crippen LogP contribution in [0.3, 0.4) is 0 Å². The van der Waals surface area contributed by atoms with Crippen molar-refractivity contribution in [3.8, 4) is 0 Å². The molecule has 0 saturated heterocycles. The Hall–Kier alpha value is -2.29. The first kappa shape index (κ1) is 27.7. The molecule has 1 aliphatic heterocycles. The number of ether oxygens (including phenoxy) is 2. The van der Waals surface area contributed by atoms with E-state index >= 15 is 0 Å². The summed E-state index contributed by atoms with van der Waals surface area (Å²) < 4.78 is 9.73. The number of aromatic nitrogens is 1. The first-order valence-electron chi connectivity index (χ1n) is 11.3. The van der Waals surface area contributed by atoms with E-state index in [1.807, 2.05) is 31.7 Å². The van der Waals surface area contributed by atoms with Crippen LogP contribution in [-0.4, -0.2) is 91.7 Å². The lowest BCUT2D eigenvalue weighted by Crippen LogP contribution is -2.43. The van der Waals surface area contributed by atoms with Crippen LogP contribution in [0.2, 0.25) is 0 Å². The fourth-order valence-corrected chi connectivity index (χ4v) is 3.41. The molecule has 0 fully saturated rings. The van der Waals surface area contributed by atoms with Crippen molar-refractivity contribution < 1.29 is 19.1 Å². The third-order valence-electron chi connectivity index (χ3n) is 5.27. The van der Waals surface area contributed by atoms with E-state index in [1.165, 1.54) is 14.2 Å². The van der Waals surface area contributed by atoms with Gasteiger partial charge in [0.1, 0.15) is 0 Å². The first-order valence-corrected chi connectivity index (χ1v) is 11.3. The topological polar surface area (TPSA) is 75.2 Å². The van der Waals surface area contributed by atoms with E-state index in [9.17, 15) is 9.59 Å². The molecule has 0 atom stereocenters. The first-order chi connectivity index (χ1) is 15.3. The number of carbonyl (C=O) groups excluding carboxylic acids is 2. The monoisotopic (exact) mass is 448 g/mol. The van der Waals surface area contributed by atoms with Crippen LogP contribution in [0.5, 0.6) is 0 Å². The van der Waals surface area contributed by atoms with Gasteiger partial charge in [0.05, 0.1) is 38.7 Å². The molecule has 0 aliphatic carbocycles. The fraction of sp³-hybridized carbons (Fsp3) is 0.625. The molecule has 1 aliphatic rings. The summed E-state index contributed by atoms with van der Waals surface area (Å²) in [6.45, 7) is 17.5. The molecule has 2 bridgehead atoms. The second kappa shape index (κ2) is 14.7. The van der Waals surface area contributed by atoms with E-state index in [0.29, 0.717) is 26.2 Å². The van der Waals surface area contributed by atoms with Gasteiger partial charge in [0.15, 0.2) is 0 Å². The second-order valence-electron chi connectivity index (χ2n) is 7.63. The molecule has 2 heterocycles. The van der Waals surface area contributed by atoms with Crippen LogP contribution in [0.4, 0.5) is 0 Å². The van der Waals surface area contributed by atoms with Crippen molar-refractivity contribution >= 4 is 17.5 Å². The van der Waals surface area contributed by atoms with Crippen molar-refractivity contribution in [2.75, 3.05) is 60.0 Å². The zero-order valence-corrected chi connectivity index (χ0v) is 20.6. The van der Waals surface area contributed by atoms with Crippen molar-refractivity contribution in [3.63, 3.8) is 0 Å². The predicted molar refractivity (Wildman–Crippen MR) is 127 cm³/mol. The molecular weight excluding hydrogens is 408 g/mol. The number of allylic oxidation sites excluding steroid dienone is 1. The molecule has 1 aromatic heterocycles. The maximum absolute atomic E-state index is 11.9. The Bertz CT molecular complexity index is 754. The molecule has 0 amide bonds. The van der Waals surface area contributed by atoms with E-state index in [0.717, 1.165) is 42.2 Å². The molecule has 0 radical (unpaired) electrons. The number of nitrogens with zero attached hydrogens (tertiary/aromatic N) is 4. The predicted octanol–water partition coefficient (Wildman–Crippen LogP) is 2.43. The second-order valence-corrected chi connectivity index (χ2v) is 7.63. The Morgan fingerprint density at radius 2 is 1.34 bits per heavy atom. The molecule has 0 N–H and O–H groups in total. The van der Waals surface area contributed by atoms with Crippen molar-refractivity contribution in [2.45, 2.75) is 40.8 Å². The summed E-state index contributed by atoms with van der Waals surface area (Å²) in [6, 6.07) is 4.11. The van der Waals surface area contributed by atoms with Crippen LogP contribution in [0.1, 0.15) is 44.6 Å². The Morgan fingerprint density at radius 3 is 1.81 bits per heavy atom. The van der Waals surface area contributed by atoms with Gasteiger partial charge in [-0.2, -0.15) is 0 Å². The average Bonchev–Trinajstić information content (AvgIpc) is 2.79. The van der Waals surface area contributed by atoms with Gasteiger partial charge in [-0.1, -0.05) is 32.9 Å². The van der Waals surface area contributed by atoms with Crippen molar-refractivity contribution in [1.29, 1.82) is 0 Å². The Morgan fingerprint density at radius 1 is 0.906 bits per heavy atom. The Kier molecular flexibility index (Phi) is 12.8. The van der Waals surface area contributed by atoms with E-state index in [-0.39, 0.29) is 25.0 Å². The molecule has 8 nitrogen and oxygen atoms in total. The minimum absolute atomic E-state index is 0.165. The van der Waals surface area contributed by atoms with Crippen molar-refractivity contribution in [3.05, 3.63) is 35.7 Å². The Balaban J connectivity index is 0.00000249. The number of methoxy groups -OCH3 is 2. The molecule has 0 unspecified atom stereocenters. The highest BCUT2D eigenvalue weighted by molar-refractivity contribution is 5.72.